The first kappa shape index (κ1) is 14.5. The Morgan fingerprint density at radius 3 is 2.71 bits per heavy atom. The third kappa shape index (κ3) is 2.82. The monoisotopic (exact) mass is 335 g/mol. The molecule has 0 saturated heterocycles. The number of fused-ring (bicyclic) bond motifs is 1. The Morgan fingerprint density at radius 1 is 1.24 bits per heavy atom. The van der Waals surface area contributed by atoms with Crippen LogP contribution in [0.1, 0.15) is 22.2 Å². The van der Waals surface area contributed by atoms with E-state index in [4.69, 9.17) is 23.2 Å². The second kappa shape index (κ2) is 5.76. The van der Waals surface area contributed by atoms with E-state index in [1.807, 2.05) is 6.07 Å². The van der Waals surface area contributed by atoms with Crippen LogP contribution in [0.25, 0.3) is 21.5 Å². The Balaban J connectivity index is 2.25. The molecule has 0 saturated carbocycles. The molecule has 0 N–H and O–H groups in total. The number of pyridine rings is 1. The van der Waals surface area contributed by atoms with Crippen LogP contribution < -0.4 is 0 Å². The minimum atomic E-state index is -0.502. The van der Waals surface area contributed by atoms with Crippen LogP contribution in [0.2, 0.25) is 5.02 Å². The van der Waals surface area contributed by atoms with Crippen molar-refractivity contribution < 1.29 is 4.79 Å². The normalized spacial score (nSPS) is 11.0. The lowest BCUT2D eigenvalue weighted by molar-refractivity contribution is 0.108. The first-order valence-electron chi connectivity index (χ1n) is 6.47. The van der Waals surface area contributed by atoms with Gasteiger partial charge in [0.25, 0.3) is 5.24 Å². The largest absolute Gasteiger partial charge is 0.276 e. The molecule has 0 radical (unpaired) electrons. The molecule has 106 valence electrons. The van der Waals surface area contributed by atoms with Gasteiger partial charge in [-0.3, -0.25) is 4.79 Å². The fourth-order valence-corrected chi connectivity index (χ4v) is 3.43. The summed E-state index contributed by atoms with van der Waals surface area (Å²) in [5, 5.41) is 0.734. The van der Waals surface area contributed by atoms with Crippen LogP contribution in [-0.4, -0.2) is 10.2 Å². The van der Waals surface area contributed by atoms with Gasteiger partial charge >= 0.3 is 0 Å². The van der Waals surface area contributed by atoms with Crippen molar-refractivity contribution >= 4 is 50.7 Å². The highest BCUT2D eigenvalue weighted by atomic mass is 35.5. The summed E-state index contributed by atoms with van der Waals surface area (Å²) in [6.07, 6.45) is 0.981. The molecule has 0 spiro atoms. The SMILES string of the molecule is CCc1ccc(-c2cc(C(=O)Cl)c3cc(Cl)ccc3n2)s1. The van der Waals surface area contributed by atoms with Crippen molar-refractivity contribution in [1.82, 2.24) is 4.98 Å². The number of carbonyl (C=O) groups is 1. The van der Waals surface area contributed by atoms with E-state index in [-0.39, 0.29) is 0 Å². The summed E-state index contributed by atoms with van der Waals surface area (Å²) in [6, 6.07) is 11.1. The van der Waals surface area contributed by atoms with E-state index in [2.05, 4.69) is 18.0 Å². The minimum Gasteiger partial charge on any atom is -0.276 e. The van der Waals surface area contributed by atoms with Gasteiger partial charge in [0.05, 0.1) is 16.1 Å². The number of hydrogen-bond donors (Lipinski definition) is 0. The van der Waals surface area contributed by atoms with Gasteiger partial charge in [-0.1, -0.05) is 18.5 Å². The molecule has 3 rings (SSSR count). The molecule has 0 aliphatic carbocycles. The summed E-state index contributed by atoms with van der Waals surface area (Å²) in [4.78, 5) is 18.6. The molecule has 0 aliphatic rings. The summed E-state index contributed by atoms with van der Waals surface area (Å²) in [7, 11) is 0. The van der Waals surface area contributed by atoms with E-state index in [1.54, 1.807) is 35.6 Å². The molecule has 3 aromatic rings. The van der Waals surface area contributed by atoms with Crippen LogP contribution in [0.3, 0.4) is 0 Å². The van der Waals surface area contributed by atoms with Crippen LogP contribution in [0.15, 0.2) is 36.4 Å². The number of carbonyl (C=O) groups excluding carboxylic acids is 1. The van der Waals surface area contributed by atoms with Crippen molar-refractivity contribution in [2.75, 3.05) is 0 Å². The van der Waals surface area contributed by atoms with Crippen molar-refractivity contribution in [2.24, 2.45) is 0 Å². The maximum atomic E-state index is 11.7. The average molecular weight is 336 g/mol. The van der Waals surface area contributed by atoms with Crippen molar-refractivity contribution in [3.05, 3.63) is 51.9 Å². The topological polar surface area (TPSA) is 30.0 Å². The predicted molar refractivity (Wildman–Crippen MR) is 89.6 cm³/mol. The molecule has 0 aliphatic heterocycles. The Labute approximate surface area is 136 Å². The van der Waals surface area contributed by atoms with Gasteiger partial charge in [-0.15, -0.1) is 11.3 Å². The lowest BCUT2D eigenvalue weighted by atomic mass is 10.1. The standard InChI is InChI=1S/C16H11Cl2NOS/c1-2-10-4-6-15(21-10)14-8-12(16(18)20)11-7-9(17)3-5-13(11)19-14/h3-8H,2H2,1H3. The summed E-state index contributed by atoms with van der Waals surface area (Å²) in [5.74, 6) is 0. The van der Waals surface area contributed by atoms with Gasteiger partial charge in [-0.2, -0.15) is 0 Å². The van der Waals surface area contributed by atoms with Crippen LogP contribution in [0.5, 0.6) is 0 Å². The van der Waals surface area contributed by atoms with E-state index < -0.39 is 5.24 Å². The quantitative estimate of drug-likeness (QED) is 0.586. The molecule has 0 amide bonds. The van der Waals surface area contributed by atoms with Gasteiger partial charge in [-0.05, 0) is 54.4 Å². The molecule has 2 heterocycles. The van der Waals surface area contributed by atoms with Gasteiger partial charge in [-0.25, -0.2) is 4.98 Å². The summed E-state index contributed by atoms with van der Waals surface area (Å²) >= 11 is 13.4. The average Bonchev–Trinajstić information content (AvgIpc) is 2.95. The van der Waals surface area contributed by atoms with Gasteiger partial charge in [0.15, 0.2) is 0 Å². The molecule has 2 aromatic heterocycles. The Bertz CT molecular complexity index is 841. The third-order valence-corrected chi connectivity index (χ3v) is 4.94. The fourth-order valence-electron chi connectivity index (χ4n) is 2.19. The van der Waals surface area contributed by atoms with E-state index in [0.29, 0.717) is 21.5 Å². The predicted octanol–water partition coefficient (Wildman–Crippen LogP) is 5.56. The summed E-state index contributed by atoms with van der Waals surface area (Å²) in [6.45, 7) is 2.11. The van der Waals surface area contributed by atoms with E-state index in [1.165, 1.54) is 4.88 Å². The van der Waals surface area contributed by atoms with Gasteiger partial charge in [0.1, 0.15) is 0 Å². The van der Waals surface area contributed by atoms with Crippen molar-refractivity contribution in [1.29, 1.82) is 0 Å². The molecule has 0 atom stereocenters. The van der Waals surface area contributed by atoms with Gasteiger partial charge < -0.3 is 0 Å². The first-order chi connectivity index (χ1) is 10.1. The van der Waals surface area contributed by atoms with Crippen molar-refractivity contribution in [2.45, 2.75) is 13.3 Å². The number of halogens is 2. The highest BCUT2D eigenvalue weighted by Crippen LogP contribution is 2.31. The number of nitrogens with zero attached hydrogens (tertiary/aromatic N) is 1. The lowest BCUT2D eigenvalue weighted by Crippen LogP contribution is -1.95. The van der Waals surface area contributed by atoms with E-state index in [9.17, 15) is 4.79 Å². The third-order valence-electron chi connectivity index (χ3n) is 3.25. The molecule has 0 bridgehead atoms. The van der Waals surface area contributed by atoms with Crippen LogP contribution in [0, 0.1) is 0 Å². The smallest absolute Gasteiger partial charge is 0.253 e. The number of aryl methyl sites for hydroxylation is 1. The number of hydrogen-bond acceptors (Lipinski definition) is 3. The van der Waals surface area contributed by atoms with Crippen molar-refractivity contribution in [3.8, 4) is 10.6 Å². The van der Waals surface area contributed by atoms with E-state index >= 15 is 0 Å². The second-order valence-electron chi connectivity index (χ2n) is 4.61. The second-order valence-corrected chi connectivity index (χ2v) is 6.56. The lowest BCUT2D eigenvalue weighted by Gasteiger charge is -2.06. The Kier molecular flexibility index (Phi) is 3.98. The van der Waals surface area contributed by atoms with E-state index in [0.717, 1.165) is 17.0 Å². The zero-order chi connectivity index (χ0) is 15.0. The number of aromatic nitrogens is 1. The van der Waals surface area contributed by atoms with Crippen molar-refractivity contribution in [3.63, 3.8) is 0 Å². The maximum absolute atomic E-state index is 11.7. The van der Waals surface area contributed by atoms with Crippen LogP contribution in [-0.2, 0) is 6.42 Å². The molecule has 0 unspecified atom stereocenters. The highest BCUT2D eigenvalue weighted by molar-refractivity contribution is 7.15. The number of benzene rings is 1. The molecular weight excluding hydrogens is 325 g/mol. The van der Waals surface area contributed by atoms with Crippen LogP contribution in [0.4, 0.5) is 0 Å². The zero-order valence-electron chi connectivity index (χ0n) is 11.2. The highest BCUT2D eigenvalue weighted by Gasteiger charge is 2.13. The number of rotatable bonds is 3. The minimum absolute atomic E-state index is 0.436. The zero-order valence-corrected chi connectivity index (χ0v) is 13.5. The van der Waals surface area contributed by atoms with Gasteiger partial charge in [0.2, 0.25) is 0 Å². The molecule has 5 heteroatoms. The van der Waals surface area contributed by atoms with Gasteiger partial charge in [0, 0.05) is 20.8 Å². The first-order valence-corrected chi connectivity index (χ1v) is 8.05. The van der Waals surface area contributed by atoms with Crippen LogP contribution >= 0.6 is 34.5 Å². The fraction of sp³-hybridized carbons (Fsp3) is 0.125. The summed E-state index contributed by atoms with van der Waals surface area (Å²) < 4.78 is 0. The Morgan fingerprint density at radius 2 is 2.05 bits per heavy atom. The molecule has 0 fully saturated rings. The Hall–Kier alpha value is -1.42. The molecule has 21 heavy (non-hydrogen) atoms. The summed E-state index contributed by atoms with van der Waals surface area (Å²) in [5.41, 5.74) is 1.91. The molecule has 2 nitrogen and oxygen atoms in total. The molecule has 1 aromatic carbocycles. The molecular formula is C16H11Cl2NOS. The maximum Gasteiger partial charge on any atom is 0.253 e. The number of thiophene rings is 1.